The van der Waals surface area contributed by atoms with Crippen LogP contribution in [0.15, 0.2) is 0 Å². The van der Waals surface area contributed by atoms with Gasteiger partial charge in [-0.05, 0) is 13.0 Å². The topological polar surface area (TPSA) is 93.7 Å². The molecule has 7 heteroatoms. The van der Waals surface area contributed by atoms with Gasteiger partial charge in [0, 0.05) is 39.3 Å². The van der Waals surface area contributed by atoms with Crippen molar-refractivity contribution in [2.24, 2.45) is 0 Å². The lowest BCUT2D eigenvalue weighted by Crippen LogP contribution is -2.44. The van der Waals surface area contributed by atoms with Gasteiger partial charge in [-0.25, -0.2) is 4.79 Å². The minimum absolute atomic E-state index is 0.0474. The van der Waals surface area contributed by atoms with Crippen LogP contribution in [-0.4, -0.2) is 67.8 Å². The number of rotatable bonds is 7. The Balaban J connectivity index is 1.93. The SMILES string of the molecule is O=C(O)CCNC(=O)NCCCN1CCNCC1. The molecule has 0 saturated carbocycles. The number of carboxylic acid groups (broad SMARTS) is 1. The van der Waals surface area contributed by atoms with Crippen LogP contribution < -0.4 is 16.0 Å². The van der Waals surface area contributed by atoms with E-state index in [4.69, 9.17) is 5.11 Å². The Labute approximate surface area is 107 Å². The molecule has 104 valence electrons. The van der Waals surface area contributed by atoms with Crippen LogP contribution in [0, 0.1) is 0 Å². The Morgan fingerprint density at radius 2 is 1.83 bits per heavy atom. The molecule has 1 fully saturated rings. The summed E-state index contributed by atoms with van der Waals surface area (Å²) < 4.78 is 0. The second-order valence-corrected chi connectivity index (χ2v) is 4.27. The van der Waals surface area contributed by atoms with Crippen LogP contribution in [-0.2, 0) is 4.79 Å². The lowest BCUT2D eigenvalue weighted by Gasteiger charge is -2.27. The van der Waals surface area contributed by atoms with E-state index >= 15 is 0 Å². The van der Waals surface area contributed by atoms with Crippen LogP contribution >= 0.6 is 0 Å². The van der Waals surface area contributed by atoms with Gasteiger partial charge >= 0.3 is 12.0 Å². The van der Waals surface area contributed by atoms with Crippen molar-refractivity contribution in [3.8, 4) is 0 Å². The van der Waals surface area contributed by atoms with E-state index in [0.29, 0.717) is 6.54 Å². The van der Waals surface area contributed by atoms with E-state index in [9.17, 15) is 9.59 Å². The highest BCUT2D eigenvalue weighted by molar-refractivity contribution is 5.74. The van der Waals surface area contributed by atoms with E-state index in [-0.39, 0.29) is 19.0 Å². The number of carbonyl (C=O) groups is 2. The zero-order valence-electron chi connectivity index (χ0n) is 10.6. The van der Waals surface area contributed by atoms with Crippen LogP contribution in [0.3, 0.4) is 0 Å². The average molecular weight is 258 g/mol. The lowest BCUT2D eigenvalue weighted by molar-refractivity contribution is -0.136. The molecule has 0 unspecified atom stereocenters. The van der Waals surface area contributed by atoms with E-state index in [1.54, 1.807) is 0 Å². The van der Waals surface area contributed by atoms with Gasteiger partial charge in [0.25, 0.3) is 0 Å². The quantitative estimate of drug-likeness (QED) is 0.442. The fourth-order valence-corrected chi connectivity index (χ4v) is 1.78. The molecule has 0 aliphatic carbocycles. The van der Waals surface area contributed by atoms with Crippen molar-refractivity contribution >= 4 is 12.0 Å². The molecule has 1 rings (SSSR count). The van der Waals surface area contributed by atoms with Crippen molar-refractivity contribution in [1.29, 1.82) is 0 Å². The summed E-state index contributed by atoms with van der Waals surface area (Å²) in [6.45, 7) is 5.95. The van der Waals surface area contributed by atoms with Gasteiger partial charge in [-0.2, -0.15) is 0 Å². The van der Waals surface area contributed by atoms with Crippen LogP contribution in [0.25, 0.3) is 0 Å². The summed E-state index contributed by atoms with van der Waals surface area (Å²) >= 11 is 0. The van der Waals surface area contributed by atoms with E-state index in [0.717, 1.165) is 39.1 Å². The predicted octanol–water partition coefficient (Wildman–Crippen LogP) is -0.944. The Bertz CT molecular complexity index is 267. The molecule has 1 aliphatic rings. The Morgan fingerprint density at radius 1 is 1.17 bits per heavy atom. The van der Waals surface area contributed by atoms with Gasteiger partial charge in [0.05, 0.1) is 6.42 Å². The summed E-state index contributed by atoms with van der Waals surface area (Å²) in [4.78, 5) is 23.8. The van der Waals surface area contributed by atoms with E-state index in [1.807, 2.05) is 0 Å². The van der Waals surface area contributed by atoms with Gasteiger partial charge < -0.3 is 26.0 Å². The molecule has 7 nitrogen and oxygen atoms in total. The molecule has 4 N–H and O–H groups in total. The summed E-state index contributed by atoms with van der Waals surface area (Å²) in [7, 11) is 0. The molecule has 2 amide bonds. The average Bonchev–Trinajstić information content (AvgIpc) is 2.35. The van der Waals surface area contributed by atoms with Crippen LogP contribution in [0.1, 0.15) is 12.8 Å². The van der Waals surface area contributed by atoms with Crippen molar-refractivity contribution in [2.45, 2.75) is 12.8 Å². The number of aliphatic carboxylic acids is 1. The Hall–Kier alpha value is -1.34. The van der Waals surface area contributed by atoms with Gasteiger partial charge in [0.15, 0.2) is 0 Å². The number of hydrogen-bond acceptors (Lipinski definition) is 4. The first-order valence-corrected chi connectivity index (χ1v) is 6.35. The lowest BCUT2D eigenvalue weighted by atomic mass is 10.3. The number of nitrogens with zero attached hydrogens (tertiary/aromatic N) is 1. The van der Waals surface area contributed by atoms with Crippen molar-refractivity contribution in [2.75, 3.05) is 45.8 Å². The molecule has 0 atom stereocenters. The van der Waals surface area contributed by atoms with Crippen molar-refractivity contribution in [3.05, 3.63) is 0 Å². The molecular weight excluding hydrogens is 236 g/mol. The first kappa shape index (κ1) is 14.7. The molecule has 0 spiro atoms. The molecule has 0 bridgehead atoms. The van der Waals surface area contributed by atoms with Gasteiger partial charge in [0.1, 0.15) is 0 Å². The first-order valence-electron chi connectivity index (χ1n) is 6.35. The normalized spacial score (nSPS) is 16.2. The maximum absolute atomic E-state index is 11.2. The third-order valence-corrected chi connectivity index (χ3v) is 2.77. The molecule has 1 heterocycles. The number of amides is 2. The van der Waals surface area contributed by atoms with E-state index in [2.05, 4.69) is 20.9 Å². The highest BCUT2D eigenvalue weighted by Gasteiger charge is 2.08. The van der Waals surface area contributed by atoms with Crippen molar-refractivity contribution < 1.29 is 14.7 Å². The van der Waals surface area contributed by atoms with Gasteiger partial charge in [0.2, 0.25) is 0 Å². The minimum atomic E-state index is -0.908. The predicted molar refractivity (Wildman–Crippen MR) is 67.6 cm³/mol. The summed E-state index contributed by atoms with van der Waals surface area (Å²) in [5.41, 5.74) is 0. The largest absolute Gasteiger partial charge is 0.481 e. The van der Waals surface area contributed by atoms with Gasteiger partial charge in [-0.3, -0.25) is 4.79 Å². The summed E-state index contributed by atoms with van der Waals surface area (Å²) in [6, 6.07) is -0.295. The number of urea groups is 1. The highest BCUT2D eigenvalue weighted by Crippen LogP contribution is 1.93. The minimum Gasteiger partial charge on any atom is -0.481 e. The summed E-state index contributed by atoms with van der Waals surface area (Å²) in [5.74, 6) is -0.908. The molecule has 0 aromatic rings. The van der Waals surface area contributed by atoms with Crippen LogP contribution in [0.4, 0.5) is 4.79 Å². The summed E-state index contributed by atoms with van der Waals surface area (Å²) in [6.07, 6.45) is 0.862. The molecule has 18 heavy (non-hydrogen) atoms. The smallest absolute Gasteiger partial charge is 0.314 e. The number of carbonyl (C=O) groups excluding carboxylic acids is 1. The zero-order valence-corrected chi connectivity index (χ0v) is 10.6. The van der Waals surface area contributed by atoms with Crippen molar-refractivity contribution in [3.63, 3.8) is 0 Å². The molecule has 0 aromatic heterocycles. The second-order valence-electron chi connectivity index (χ2n) is 4.27. The molecular formula is C11H22N4O3. The maximum Gasteiger partial charge on any atom is 0.314 e. The molecule has 1 saturated heterocycles. The zero-order chi connectivity index (χ0) is 13.2. The number of nitrogens with one attached hydrogen (secondary N) is 3. The first-order chi connectivity index (χ1) is 8.68. The van der Waals surface area contributed by atoms with E-state index in [1.165, 1.54) is 0 Å². The van der Waals surface area contributed by atoms with E-state index < -0.39 is 5.97 Å². The highest BCUT2D eigenvalue weighted by atomic mass is 16.4. The van der Waals surface area contributed by atoms with Crippen LogP contribution in [0.2, 0.25) is 0 Å². The third kappa shape index (κ3) is 7.08. The third-order valence-electron chi connectivity index (χ3n) is 2.77. The monoisotopic (exact) mass is 258 g/mol. The fraction of sp³-hybridized carbons (Fsp3) is 0.818. The van der Waals surface area contributed by atoms with Crippen LogP contribution in [0.5, 0.6) is 0 Å². The van der Waals surface area contributed by atoms with Crippen molar-refractivity contribution in [1.82, 2.24) is 20.9 Å². The summed E-state index contributed by atoms with van der Waals surface area (Å²) in [5, 5.41) is 16.9. The molecule has 0 aromatic carbocycles. The molecule has 0 radical (unpaired) electrons. The standard InChI is InChI=1S/C11H22N4O3/c16-10(17)2-4-14-11(18)13-3-1-7-15-8-5-12-6-9-15/h12H,1-9H2,(H,16,17)(H2,13,14,18). The number of hydrogen-bond donors (Lipinski definition) is 4. The Morgan fingerprint density at radius 3 is 2.50 bits per heavy atom. The second kappa shape index (κ2) is 8.71. The fourth-order valence-electron chi connectivity index (χ4n) is 1.78. The van der Waals surface area contributed by atoms with Gasteiger partial charge in [-0.15, -0.1) is 0 Å². The maximum atomic E-state index is 11.2. The number of carboxylic acids is 1. The number of piperazine rings is 1. The Kier molecular flexibility index (Phi) is 7.12. The van der Waals surface area contributed by atoms with Gasteiger partial charge in [-0.1, -0.05) is 0 Å². The molecule has 1 aliphatic heterocycles.